The van der Waals surface area contributed by atoms with Crippen LogP contribution in [0.5, 0.6) is 0 Å². The van der Waals surface area contributed by atoms with Gasteiger partial charge < -0.3 is 10.8 Å². The first-order valence-corrected chi connectivity index (χ1v) is 1.69. The zero-order valence-electron chi connectivity index (χ0n) is 3.35. The maximum absolute atomic E-state index is 9.52. The number of carboxylic acids is 1. The maximum Gasteiger partial charge on any atom is 0.304 e. The topological polar surface area (TPSA) is 63.3 Å². The first-order valence-electron chi connectivity index (χ1n) is 1.69. The number of nitrogens with two attached hydrogens (primary N) is 1. The van der Waals surface area contributed by atoms with Gasteiger partial charge in [0.05, 0.1) is 6.42 Å². The highest BCUT2D eigenvalue weighted by molar-refractivity contribution is 5.75. The molecule has 0 aliphatic heterocycles. The molecule has 0 fully saturated rings. The summed E-state index contributed by atoms with van der Waals surface area (Å²) in [4.78, 5) is 9.52. The van der Waals surface area contributed by atoms with E-state index < -0.39 is 5.97 Å². The second kappa shape index (κ2) is 5.96. The van der Waals surface area contributed by atoms with Crippen molar-refractivity contribution in [1.82, 2.24) is 0 Å². The van der Waals surface area contributed by atoms with Gasteiger partial charge in [0.15, 0.2) is 17.4 Å². The van der Waals surface area contributed by atoms with Crippen LogP contribution in [0.4, 0.5) is 0 Å². The summed E-state index contributed by atoms with van der Waals surface area (Å²) >= 11 is 0. The van der Waals surface area contributed by atoms with E-state index in [0.717, 1.165) is 0 Å². The third-order valence-corrected chi connectivity index (χ3v) is 0.358. The average molecular weight is 119 g/mol. The molecule has 4 heteroatoms. The van der Waals surface area contributed by atoms with Crippen LogP contribution in [-0.2, 0) is 4.79 Å². The number of carboxylic acid groups (broad SMARTS) is 1. The third-order valence-electron chi connectivity index (χ3n) is 0.358. The molecule has 42 valence electrons. The predicted octanol–water partition coefficient (Wildman–Crippen LogP) is -1.76. The summed E-state index contributed by atoms with van der Waals surface area (Å²) in [6.07, 6.45) is 0.0694. The van der Waals surface area contributed by atoms with Gasteiger partial charge in [-0.2, -0.15) is 0 Å². The Morgan fingerprint density at radius 3 is 2.14 bits per heavy atom. The van der Waals surface area contributed by atoms with E-state index in [4.69, 9.17) is 10.8 Å². The van der Waals surface area contributed by atoms with Gasteiger partial charge >= 0.3 is 5.97 Å². The summed E-state index contributed by atoms with van der Waals surface area (Å²) in [6, 6.07) is 0. The molecule has 0 saturated carbocycles. The lowest BCUT2D eigenvalue weighted by molar-refractivity contribution is -0.136. The van der Waals surface area contributed by atoms with Gasteiger partial charge in [0.1, 0.15) is 0 Å². The van der Waals surface area contributed by atoms with Crippen molar-refractivity contribution in [2.75, 3.05) is 6.54 Å². The number of carbonyl (C=O) groups is 1. The van der Waals surface area contributed by atoms with Crippen LogP contribution in [0.25, 0.3) is 0 Å². The van der Waals surface area contributed by atoms with Gasteiger partial charge in [0.25, 0.3) is 0 Å². The molecule has 0 spiro atoms. The van der Waals surface area contributed by atoms with Crippen molar-refractivity contribution in [3.63, 3.8) is 0 Å². The summed E-state index contributed by atoms with van der Waals surface area (Å²) in [5.74, 6) is -0.836. The van der Waals surface area contributed by atoms with Crippen LogP contribution in [0.1, 0.15) is 6.42 Å². The maximum atomic E-state index is 9.52. The number of hydrogen-bond acceptors (Lipinski definition) is 2. The summed E-state index contributed by atoms with van der Waals surface area (Å²) < 4.78 is 0. The molecule has 0 aliphatic carbocycles. The minimum atomic E-state index is -0.836. The Hall–Kier alpha value is -0.0375. The fourth-order valence-electron chi connectivity index (χ4n) is 0.123. The Kier molecular flexibility index (Phi) is 8.56. The van der Waals surface area contributed by atoms with Crippen molar-refractivity contribution in [3.05, 3.63) is 0 Å². The van der Waals surface area contributed by atoms with Crippen LogP contribution in [0.15, 0.2) is 0 Å². The van der Waals surface area contributed by atoms with E-state index >= 15 is 0 Å². The van der Waals surface area contributed by atoms with E-state index in [1.165, 1.54) is 0 Å². The molecule has 3 N–H and O–H groups in total. The SMILES string of the molecule is NCCC(=O)O.[AlH3]. The van der Waals surface area contributed by atoms with Gasteiger partial charge in [-0.15, -0.1) is 0 Å². The van der Waals surface area contributed by atoms with Crippen LogP contribution in [0, 0.1) is 0 Å². The van der Waals surface area contributed by atoms with Gasteiger partial charge in [-0.05, 0) is 0 Å². The molecule has 7 heavy (non-hydrogen) atoms. The molecule has 0 aromatic heterocycles. The molecule has 0 unspecified atom stereocenters. The lowest BCUT2D eigenvalue weighted by atomic mass is 10.5. The fourth-order valence-corrected chi connectivity index (χ4v) is 0.123. The standard InChI is InChI=1S/C3H7NO2.Al.3H/c4-2-1-3(5)6;;;;/h1-2,4H2,(H,5,6);;;;. The minimum absolute atomic E-state index is 0. The van der Waals surface area contributed by atoms with Crippen LogP contribution in [0.2, 0.25) is 0 Å². The van der Waals surface area contributed by atoms with Crippen molar-refractivity contribution in [1.29, 1.82) is 0 Å². The molecule has 0 saturated heterocycles. The van der Waals surface area contributed by atoms with Crippen molar-refractivity contribution < 1.29 is 9.90 Å². The highest BCUT2D eigenvalue weighted by atomic mass is 27.0. The zero-order chi connectivity index (χ0) is 4.99. The summed E-state index contributed by atoms with van der Waals surface area (Å²) in [7, 11) is 0. The Morgan fingerprint density at radius 2 is 2.14 bits per heavy atom. The Labute approximate surface area is 52.6 Å². The van der Waals surface area contributed by atoms with Crippen LogP contribution >= 0.6 is 0 Å². The van der Waals surface area contributed by atoms with Gasteiger partial charge in [0, 0.05) is 6.54 Å². The zero-order valence-corrected chi connectivity index (χ0v) is 3.35. The fraction of sp³-hybridized carbons (Fsp3) is 0.667. The molecule has 0 radical (unpaired) electrons. The van der Waals surface area contributed by atoms with Crippen LogP contribution < -0.4 is 5.73 Å². The molecule has 0 atom stereocenters. The number of aliphatic carboxylic acids is 1. The summed E-state index contributed by atoms with van der Waals surface area (Å²) in [5.41, 5.74) is 4.85. The molecule has 0 heterocycles. The van der Waals surface area contributed by atoms with E-state index in [2.05, 4.69) is 0 Å². The van der Waals surface area contributed by atoms with Crippen molar-refractivity contribution >= 4 is 23.3 Å². The van der Waals surface area contributed by atoms with Gasteiger partial charge in [-0.25, -0.2) is 0 Å². The highest BCUT2D eigenvalue weighted by Gasteiger charge is 1.87. The van der Waals surface area contributed by atoms with Gasteiger partial charge in [-0.3, -0.25) is 4.79 Å². The molecular formula is C3H10AlNO2. The lowest BCUT2D eigenvalue weighted by Gasteiger charge is -1.80. The molecular weight excluding hydrogens is 109 g/mol. The van der Waals surface area contributed by atoms with Crippen molar-refractivity contribution in [2.45, 2.75) is 6.42 Å². The number of rotatable bonds is 2. The minimum Gasteiger partial charge on any atom is -0.481 e. The normalized spacial score (nSPS) is 7.00. The summed E-state index contributed by atoms with van der Waals surface area (Å²) in [5, 5.41) is 7.83. The van der Waals surface area contributed by atoms with E-state index in [1.54, 1.807) is 0 Å². The Balaban J connectivity index is 0. The molecule has 0 aliphatic rings. The number of hydrogen-bond donors (Lipinski definition) is 2. The van der Waals surface area contributed by atoms with Crippen LogP contribution in [0.3, 0.4) is 0 Å². The molecule has 0 amide bonds. The monoisotopic (exact) mass is 119 g/mol. The van der Waals surface area contributed by atoms with E-state index in [0.29, 0.717) is 0 Å². The van der Waals surface area contributed by atoms with Crippen LogP contribution in [-0.4, -0.2) is 35.0 Å². The average Bonchev–Trinajstić information content (AvgIpc) is 1.35. The second-order valence-electron chi connectivity index (χ2n) is 0.932. The van der Waals surface area contributed by atoms with E-state index in [1.807, 2.05) is 0 Å². The second-order valence-corrected chi connectivity index (χ2v) is 0.932. The van der Waals surface area contributed by atoms with E-state index in [-0.39, 0.29) is 30.3 Å². The molecule has 3 nitrogen and oxygen atoms in total. The third kappa shape index (κ3) is 10.7. The molecule has 0 aromatic rings. The lowest BCUT2D eigenvalue weighted by Crippen LogP contribution is -2.05. The predicted molar refractivity (Wildman–Crippen MR) is 31.2 cm³/mol. The highest BCUT2D eigenvalue weighted by Crippen LogP contribution is 1.67. The summed E-state index contributed by atoms with van der Waals surface area (Å²) in [6.45, 7) is 0.231. The largest absolute Gasteiger partial charge is 0.481 e. The quantitative estimate of drug-likeness (QED) is 0.423. The van der Waals surface area contributed by atoms with Crippen molar-refractivity contribution in [3.8, 4) is 0 Å². The first-order chi connectivity index (χ1) is 2.77. The van der Waals surface area contributed by atoms with Gasteiger partial charge in [0.2, 0.25) is 0 Å². The first kappa shape index (κ1) is 10.1. The van der Waals surface area contributed by atoms with E-state index in [9.17, 15) is 4.79 Å². The van der Waals surface area contributed by atoms with Crippen molar-refractivity contribution in [2.24, 2.45) is 5.73 Å². The van der Waals surface area contributed by atoms with Gasteiger partial charge in [-0.1, -0.05) is 0 Å². The molecule has 0 rings (SSSR count). The Bertz CT molecular complexity index is 56.9. The smallest absolute Gasteiger partial charge is 0.304 e. The Morgan fingerprint density at radius 1 is 1.71 bits per heavy atom. The molecule has 0 aromatic carbocycles. The molecule has 0 bridgehead atoms.